The lowest BCUT2D eigenvalue weighted by Crippen LogP contribution is -2.26. The number of aryl methyl sites for hydroxylation is 1. The zero-order chi connectivity index (χ0) is 14.0. The van der Waals surface area contributed by atoms with Crippen molar-refractivity contribution in [2.75, 3.05) is 5.32 Å². The highest BCUT2D eigenvalue weighted by atomic mass is 32.1. The van der Waals surface area contributed by atoms with Crippen molar-refractivity contribution in [1.82, 2.24) is 9.78 Å². The maximum absolute atomic E-state index is 11.6. The molecule has 0 bridgehead atoms. The van der Waals surface area contributed by atoms with Crippen LogP contribution in [0.4, 0.5) is 9.80 Å². The summed E-state index contributed by atoms with van der Waals surface area (Å²) in [5.74, 6) is 0. The van der Waals surface area contributed by atoms with Crippen LogP contribution in [0.5, 0.6) is 0 Å². The first kappa shape index (κ1) is 13.6. The fourth-order valence-corrected chi connectivity index (χ4v) is 2.38. The van der Waals surface area contributed by atoms with Gasteiger partial charge < -0.3 is 4.74 Å². The second-order valence-electron chi connectivity index (χ2n) is 5.17. The Morgan fingerprint density at radius 3 is 2.79 bits per heavy atom. The number of carbonyl (C=O) groups excluding carboxylic acids is 1. The first-order chi connectivity index (χ1) is 8.85. The van der Waals surface area contributed by atoms with Gasteiger partial charge in [-0.05, 0) is 32.9 Å². The van der Waals surface area contributed by atoms with Crippen molar-refractivity contribution >= 4 is 22.4 Å². The van der Waals surface area contributed by atoms with Crippen LogP contribution in [-0.4, -0.2) is 21.5 Å². The van der Waals surface area contributed by atoms with Crippen LogP contribution in [0.2, 0.25) is 0 Å². The fourth-order valence-electron chi connectivity index (χ4n) is 1.60. The minimum absolute atomic E-state index is 0.439. The van der Waals surface area contributed by atoms with Gasteiger partial charge in [0, 0.05) is 24.2 Å². The minimum Gasteiger partial charge on any atom is -0.444 e. The van der Waals surface area contributed by atoms with Crippen LogP contribution >= 0.6 is 11.3 Å². The van der Waals surface area contributed by atoms with Crippen molar-refractivity contribution in [3.05, 3.63) is 23.7 Å². The number of nitrogens with zero attached hydrogens (tertiary/aromatic N) is 2. The lowest BCUT2D eigenvalue weighted by molar-refractivity contribution is 0.0636. The van der Waals surface area contributed by atoms with Crippen molar-refractivity contribution < 1.29 is 9.53 Å². The van der Waals surface area contributed by atoms with Crippen LogP contribution in [0.15, 0.2) is 23.7 Å². The Bertz CT molecular complexity index is 581. The third kappa shape index (κ3) is 3.57. The number of carbonyl (C=O) groups is 1. The Balaban J connectivity index is 2.06. The van der Waals surface area contributed by atoms with E-state index in [1.807, 2.05) is 45.3 Å². The van der Waals surface area contributed by atoms with E-state index < -0.39 is 11.7 Å². The molecule has 0 atom stereocenters. The molecule has 1 N–H and O–H groups in total. The molecule has 0 saturated heterocycles. The molecule has 19 heavy (non-hydrogen) atoms. The molecule has 2 aromatic rings. The van der Waals surface area contributed by atoms with Crippen molar-refractivity contribution in [3.63, 3.8) is 0 Å². The van der Waals surface area contributed by atoms with E-state index in [0.29, 0.717) is 0 Å². The number of rotatable bonds is 2. The highest BCUT2D eigenvalue weighted by Gasteiger charge is 2.17. The molecule has 0 aliphatic rings. The first-order valence-electron chi connectivity index (χ1n) is 5.92. The van der Waals surface area contributed by atoms with Gasteiger partial charge >= 0.3 is 6.09 Å². The van der Waals surface area contributed by atoms with E-state index in [1.165, 1.54) is 11.3 Å². The Kier molecular flexibility index (Phi) is 3.61. The predicted octanol–water partition coefficient (Wildman–Crippen LogP) is 3.50. The van der Waals surface area contributed by atoms with Gasteiger partial charge in [-0.25, -0.2) is 4.79 Å². The van der Waals surface area contributed by atoms with Crippen molar-refractivity contribution in [2.24, 2.45) is 7.05 Å². The molecule has 102 valence electrons. The van der Waals surface area contributed by atoms with Crippen molar-refractivity contribution in [3.8, 4) is 11.3 Å². The van der Waals surface area contributed by atoms with Gasteiger partial charge in [-0.2, -0.15) is 5.10 Å². The highest BCUT2D eigenvalue weighted by Crippen LogP contribution is 2.28. The molecule has 0 fully saturated rings. The smallest absolute Gasteiger partial charge is 0.412 e. The van der Waals surface area contributed by atoms with Crippen molar-refractivity contribution in [1.29, 1.82) is 0 Å². The summed E-state index contributed by atoms with van der Waals surface area (Å²) in [4.78, 5) is 11.6. The number of thiophene rings is 1. The predicted molar refractivity (Wildman–Crippen MR) is 76.4 cm³/mol. The number of amides is 1. The molecule has 0 spiro atoms. The molecule has 0 unspecified atom stereocenters. The van der Waals surface area contributed by atoms with Crippen LogP contribution < -0.4 is 5.32 Å². The minimum atomic E-state index is -0.494. The van der Waals surface area contributed by atoms with E-state index >= 15 is 0 Å². The zero-order valence-corrected chi connectivity index (χ0v) is 12.2. The second kappa shape index (κ2) is 5.05. The summed E-state index contributed by atoms with van der Waals surface area (Å²) in [6, 6.07) is 3.84. The van der Waals surface area contributed by atoms with Gasteiger partial charge in [0.1, 0.15) is 5.60 Å². The molecule has 0 radical (unpaired) electrons. The summed E-state index contributed by atoms with van der Waals surface area (Å²) in [6.07, 6.45) is 1.31. The topological polar surface area (TPSA) is 56.2 Å². The molecule has 2 rings (SSSR count). The summed E-state index contributed by atoms with van der Waals surface area (Å²) in [5, 5.41) is 9.58. The maximum atomic E-state index is 11.6. The lowest BCUT2D eigenvalue weighted by Gasteiger charge is -2.19. The summed E-state index contributed by atoms with van der Waals surface area (Å²) < 4.78 is 7.00. The third-order valence-electron chi connectivity index (χ3n) is 2.34. The van der Waals surface area contributed by atoms with Gasteiger partial charge in [0.15, 0.2) is 0 Å². The van der Waals surface area contributed by atoms with Crippen LogP contribution in [0.3, 0.4) is 0 Å². The molecule has 2 aromatic heterocycles. The molecule has 1 amide bonds. The second-order valence-corrected chi connectivity index (χ2v) is 6.08. The van der Waals surface area contributed by atoms with Gasteiger partial charge in [0.2, 0.25) is 0 Å². The van der Waals surface area contributed by atoms with E-state index in [9.17, 15) is 4.79 Å². The lowest BCUT2D eigenvalue weighted by atomic mass is 10.2. The van der Waals surface area contributed by atoms with E-state index in [1.54, 1.807) is 10.9 Å². The third-order valence-corrected chi connectivity index (χ3v) is 3.19. The summed E-state index contributed by atoms with van der Waals surface area (Å²) in [5.41, 5.74) is 1.54. The molecule has 5 nitrogen and oxygen atoms in total. The molecular weight excluding hydrogens is 262 g/mol. The monoisotopic (exact) mass is 279 g/mol. The van der Waals surface area contributed by atoms with Gasteiger partial charge in [-0.1, -0.05) is 0 Å². The number of anilines is 1. The Morgan fingerprint density at radius 2 is 2.21 bits per heavy atom. The molecule has 0 saturated carbocycles. The Labute approximate surface area is 116 Å². The maximum Gasteiger partial charge on any atom is 0.412 e. The van der Waals surface area contributed by atoms with Crippen molar-refractivity contribution in [2.45, 2.75) is 26.4 Å². The molecule has 6 heteroatoms. The SMILES string of the molecule is Cn1nccc1-c1csc(NC(=O)OC(C)(C)C)c1. The average Bonchev–Trinajstić information content (AvgIpc) is 2.83. The van der Waals surface area contributed by atoms with Crippen LogP contribution in [0.1, 0.15) is 20.8 Å². The standard InChI is InChI=1S/C13H17N3O2S/c1-13(2,3)18-12(17)15-11-7-9(8-19-11)10-5-6-14-16(10)4/h5-8H,1-4H3,(H,15,17). The molecule has 2 heterocycles. The highest BCUT2D eigenvalue weighted by molar-refractivity contribution is 7.14. The van der Waals surface area contributed by atoms with Gasteiger partial charge in [-0.15, -0.1) is 11.3 Å². The number of hydrogen-bond donors (Lipinski definition) is 1. The first-order valence-corrected chi connectivity index (χ1v) is 6.80. The van der Waals surface area contributed by atoms with Crippen LogP contribution in [0, 0.1) is 0 Å². The van der Waals surface area contributed by atoms with Crippen LogP contribution in [0.25, 0.3) is 11.3 Å². The molecular formula is C13H17N3O2S. The van der Waals surface area contributed by atoms with E-state index in [4.69, 9.17) is 4.74 Å². The van der Waals surface area contributed by atoms with Gasteiger partial charge in [0.05, 0.1) is 10.7 Å². The zero-order valence-electron chi connectivity index (χ0n) is 11.4. The average molecular weight is 279 g/mol. The largest absolute Gasteiger partial charge is 0.444 e. The Morgan fingerprint density at radius 1 is 1.47 bits per heavy atom. The molecule has 0 aliphatic carbocycles. The van der Waals surface area contributed by atoms with Gasteiger partial charge in [-0.3, -0.25) is 10.00 Å². The van der Waals surface area contributed by atoms with Crippen LogP contribution in [-0.2, 0) is 11.8 Å². The summed E-state index contributed by atoms with van der Waals surface area (Å²) in [7, 11) is 1.88. The Hall–Kier alpha value is -1.82. The normalized spacial score (nSPS) is 11.4. The number of ether oxygens (including phenoxy) is 1. The van der Waals surface area contributed by atoms with Gasteiger partial charge in [0.25, 0.3) is 0 Å². The van der Waals surface area contributed by atoms with E-state index in [2.05, 4.69) is 10.4 Å². The van der Waals surface area contributed by atoms with E-state index in [0.717, 1.165) is 16.3 Å². The quantitative estimate of drug-likeness (QED) is 0.915. The molecule has 0 aliphatic heterocycles. The summed E-state index contributed by atoms with van der Waals surface area (Å²) in [6.45, 7) is 5.51. The fraction of sp³-hybridized carbons (Fsp3) is 0.385. The summed E-state index contributed by atoms with van der Waals surface area (Å²) >= 11 is 1.46. The molecule has 0 aromatic carbocycles. The van der Waals surface area contributed by atoms with E-state index in [-0.39, 0.29) is 0 Å². The number of hydrogen-bond acceptors (Lipinski definition) is 4. The number of nitrogens with one attached hydrogen (secondary N) is 1. The number of aromatic nitrogens is 2.